The highest BCUT2D eigenvalue weighted by atomic mass is 19.1. The van der Waals surface area contributed by atoms with Gasteiger partial charge in [0.15, 0.2) is 0 Å². The Balaban J connectivity index is 2.50. The molecule has 0 radical (unpaired) electrons. The molecule has 114 valence electrons. The molecule has 1 aromatic carbocycles. The molecule has 0 atom stereocenters. The smallest absolute Gasteiger partial charge is 0.407 e. The summed E-state index contributed by atoms with van der Waals surface area (Å²) in [5, 5.41) is 11.5. The summed E-state index contributed by atoms with van der Waals surface area (Å²) in [6.07, 6.45) is -0.370. The highest BCUT2D eigenvalue weighted by Gasteiger charge is 2.15. The number of amides is 1. The number of ether oxygens (including phenoxy) is 1. The molecule has 1 aromatic rings. The van der Waals surface area contributed by atoms with Crippen molar-refractivity contribution in [1.29, 1.82) is 0 Å². The van der Waals surface area contributed by atoms with Gasteiger partial charge in [-0.1, -0.05) is 11.8 Å². The van der Waals surface area contributed by atoms with Crippen LogP contribution >= 0.6 is 0 Å². The lowest BCUT2D eigenvalue weighted by atomic mass is 10.2. The third-order valence-corrected chi connectivity index (χ3v) is 2.16. The minimum absolute atomic E-state index is 0.198. The minimum Gasteiger partial charge on any atom is -0.508 e. The Hall–Kier alpha value is -2.29. The second kappa shape index (κ2) is 6.93. The molecule has 0 aliphatic carbocycles. The summed E-state index contributed by atoms with van der Waals surface area (Å²) < 4.78 is 31.7. The van der Waals surface area contributed by atoms with Gasteiger partial charge in [0.2, 0.25) is 0 Å². The fraction of sp³-hybridized carbons (Fsp3) is 0.400. The van der Waals surface area contributed by atoms with E-state index < -0.39 is 34.6 Å². The lowest BCUT2D eigenvalue weighted by Crippen LogP contribution is -2.32. The van der Waals surface area contributed by atoms with Crippen LogP contribution in [0.25, 0.3) is 0 Å². The highest BCUT2D eigenvalue weighted by molar-refractivity contribution is 5.67. The first kappa shape index (κ1) is 16.8. The maximum absolute atomic E-state index is 13.3. The summed E-state index contributed by atoms with van der Waals surface area (Å²) in [6.45, 7) is 5.41. The van der Waals surface area contributed by atoms with E-state index in [2.05, 4.69) is 17.2 Å². The van der Waals surface area contributed by atoms with Gasteiger partial charge in [-0.25, -0.2) is 13.6 Å². The fourth-order valence-corrected chi connectivity index (χ4v) is 1.37. The summed E-state index contributed by atoms with van der Waals surface area (Å²) >= 11 is 0. The first-order valence-corrected chi connectivity index (χ1v) is 6.33. The van der Waals surface area contributed by atoms with Crippen molar-refractivity contribution in [3.05, 3.63) is 29.3 Å². The molecule has 4 nitrogen and oxygen atoms in total. The summed E-state index contributed by atoms with van der Waals surface area (Å²) in [7, 11) is 0. The van der Waals surface area contributed by atoms with E-state index in [1.807, 2.05) is 0 Å². The monoisotopic (exact) mass is 297 g/mol. The molecule has 0 fully saturated rings. The number of hydrogen-bond donors (Lipinski definition) is 2. The Morgan fingerprint density at radius 1 is 1.33 bits per heavy atom. The van der Waals surface area contributed by atoms with Crippen molar-refractivity contribution in [2.24, 2.45) is 0 Å². The molecule has 0 spiro atoms. The van der Waals surface area contributed by atoms with Gasteiger partial charge >= 0.3 is 6.09 Å². The van der Waals surface area contributed by atoms with Crippen molar-refractivity contribution in [1.82, 2.24) is 5.32 Å². The number of carbonyl (C=O) groups excluding carboxylic acids is 1. The Labute approximate surface area is 122 Å². The van der Waals surface area contributed by atoms with Crippen LogP contribution in [0.2, 0.25) is 0 Å². The molecule has 6 heteroatoms. The summed E-state index contributed by atoms with van der Waals surface area (Å²) in [4.78, 5) is 11.3. The average Bonchev–Trinajstić information content (AvgIpc) is 2.29. The molecule has 2 N–H and O–H groups in total. The predicted octanol–water partition coefficient (Wildman–Crippen LogP) is 2.94. The largest absolute Gasteiger partial charge is 0.508 e. The van der Waals surface area contributed by atoms with Gasteiger partial charge in [-0.2, -0.15) is 0 Å². The third-order valence-electron chi connectivity index (χ3n) is 2.16. The minimum atomic E-state index is -0.930. The molecule has 0 saturated carbocycles. The van der Waals surface area contributed by atoms with Crippen LogP contribution in [0.4, 0.5) is 13.6 Å². The van der Waals surface area contributed by atoms with Crippen molar-refractivity contribution < 1.29 is 23.4 Å². The molecule has 0 heterocycles. The van der Waals surface area contributed by atoms with E-state index in [4.69, 9.17) is 9.84 Å². The van der Waals surface area contributed by atoms with E-state index in [-0.39, 0.29) is 13.0 Å². The topological polar surface area (TPSA) is 58.6 Å². The number of nitrogens with one attached hydrogen (secondary N) is 1. The van der Waals surface area contributed by atoms with Crippen molar-refractivity contribution >= 4 is 6.09 Å². The van der Waals surface area contributed by atoms with Crippen LogP contribution in [0.15, 0.2) is 12.1 Å². The molecule has 0 unspecified atom stereocenters. The Morgan fingerprint density at radius 2 is 1.90 bits per heavy atom. The third kappa shape index (κ3) is 6.13. The average molecular weight is 297 g/mol. The van der Waals surface area contributed by atoms with Crippen molar-refractivity contribution in [2.75, 3.05) is 6.54 Å². The van der Waals surface area contributed by atoms with Crippen LogP contribution in [0.5, 0.6) is 5.75 Å². The van der Waals surface area contributed by atoms with Crippen molar-refractivity contribution in [3.8, 4) is 17.6 Å². The van der Waals surface area contributed by atoms with Gasteiger partial charge in [0.25, 0.3) is 0 Å². The van der Waals surface area contributed by atoms with Crippen LogP contribution in [-0.4, -0.2) is 23.3 Å². The van der Waals surface area contributed by atoms with Gasteiger partial charge < -0.3 is 15.2 Å². The fourth-order valence-electron chi connectivity index (χ4n) is 1.37. The molecule has 0 aliphatic rings. The molecule has 1 amide bonds. The molecule has 21 heavy (non-hydrogen) atoms. The number of phenolic OH excluding ortho intramolecular Hbond substituents is 1. The van der Waals surface area contributed by atoms with Gasteiger partial charge in [0.05, 0.1) is 5.56 Å². The number of hydrogen-bond acceptors (Lipinski definition) is 3. The lowest BCUT2D eigenvalue weighted by Gasteiger charge is -2.19. The number of alkyl carbamates (subject to hydrolysis) is 1. The quantitative estimate of drug-likeness (QED) is 0.652. The maximum Gasteiger partial charge on any atom is 0.407 e. The zero-order valence-corrected chi connectivity index (χ0v) is 12.1. The molecule has 1 rings (SSSR count). The second-order valence-electron chi connectivity index (χ2n) is 5.26. The summed E-state index contributed by atoms with van der Waals surface area (Å²) in [5.74, 6) is 2.51. The summed E-state index contributed by atoms with van der Waals surface area (Å²) in [5.41, 5.74) is -1.00. The van der Waals surface area contributed by atoms with Gasteiger partial charge in [0.1, 0.15) is 23.0 Å². The second-order valence-corrected chi connectivity index (χ2v) is 5.26. The molecule has 0 saturated heterocycles. The molecular weight excluding hydrogens is 280 g/mol. The van der Waals surface area contributed by atoms with E-state index in [0.717, 1.165) is 12.1 Å². The van der Waals surface area contributed by atoms with Crippen LogP contribution in [0.1, 0.15) is 32.8 Å². The number of rotatable bonds is 2. The Bertz CT molecular complexity index is 560. The number of halogens is 2. The molecule has 0 bridgehead atoms. The first-order chi connectivity index (χ1) is 9.69. The highest BCUT2D eigenvalue weighted by Crippen LogP contribution is 2.18. The zero-order chi connectivity index (χ0) is 16.0. The number of carbonyl (C=O) groups is 1. The van der Waals surface area contributed by atoms with E-state index in [1.165, 1.54) is 0 Å². The first-order valence-electron chi connectivity index (χ1n) is 6.33. The standard InChI is InChI=1S/C15H17F2NO3/c1-15(2,3)21-14(20)18-7-5-4-6-11-12(16)8-10(19)9-13(11)17/h8-9,19H,5,7H2,1-3H3,(H,18,20). The number of aromatic hydroxyl groups is 1. The van der Waals surface area contributed by atoms with Crippen molar-refractivity contribution in [3.63, 3.8) is 0 Å². The van der Waals surface area contributed by atoms with Gasteiger partial charge in [0, 0.05) is 25.1 Å². The SMILES string of the molecule is CC(C)(C)OC(=O)NCCC#Cc1c(F)cc(O)cc1F. The van der Waals surface area contributed by atoms with E-state index in [0.29, 0.717) is 0 Å². The summed E-state index contributed by atoms with van der Waals surface area (Å²) in [6, 6.07) is 1.57. The van der Waals surface area contributed by atoms with Crippen molar-refractivity contribution in [2.45, 2.75) is 32.8 Å². The van der Waals surface area contributed by atoms with Crippen LogP contribution < -0.4 is 5.32 Å². The number of benzene rings is 1. The normalized spacial score (nSPS) is 10.5. The molecular formula is C15H17F2NO3. The lowest BCUT2D eigenvalue weighted by molar-refractivity contribution is 0.0529. The van der Waals surface area contributed by atoms with E-state index >= 15 is 0 Å². The van der Waals surface area contributed by atoms with Crippen LogP contribution in [0, 0.1) is 23.5 Å². The molecule has 0 aromatic heterocycles. The Kier molecular flexibility index (Phi) is 5.53. The van der Waals surface area contributed by atoms with E-state index in [1.54, 1.807) is 20.8 Å². The van der Waals surface area contributed by atoms with E-state index in [9.17, 15) is 13.6 Å². The zero-order valence-electron chi connectivity index (χ0n) is 12.1. The number of phenols is 1. The van der Waals surface area contributed by atoms with Gasteiger partial charge in [-0.05, 0) is 20.8 Å². The van der Waals surface area contributed by atoms with Crippen LogP contribution in [0.3, 0.4) is 0 Å². The van der Waals surface area contributed by atoms with Crippen LogP contribution in [-0.2, 0) is 4.74 Å². The van der Waals surface area contributed by atoms with Gasteiger partial charge in [-0.3, -0.25) is 0 Å². The predicted molar refractivity (Wildman–Crippen MR) is 73.8 cm³/mol. The maximum atomic E-state index is 13.3. The Morgan fingerprint density at radius 3 is 2.43 bits per heavy atom. The van der Waals surface area contributed by atoms with Gasteiger partial charge in [-0.15, -0.1) is 0 Å². The molecule has 0 aliphatic heterocycles.